The SMILES string of the molecule is OC(CNC1CCCC1)COC1CCCC1. The number of hydrogen-bond donors (Lipinski definition) is 2. The van der Waals surface area contributed by atoms with Crippen molar-refractivity contribution in [2.45, 2.75) is 69.6 Å². The third-order valence-corrected chi connectivity index (χ3v) is 3.82. The van der Waals surface area contributed by atoms with Crippen molar-refractivity contribution in [3.05, 3.63) is 0 Å². The van der Waals surface area contributed by atoms with Gasteiger partial charge in [-0.25, -0.2) is 0 Å². The fraction of sp³-hybridized carbons (Fsp3) is 1.00. The van der Waals surface area contributed by atoms with Crippen LogP contribution in [0, 0.1) is 0 Å². The molecule has 0 heterocycles. The quantitative estimate of drug-likeness (QED) is 0.727. The summed E-state index contributed by atoms with van der Waals surface area (Å²) in [6.45, 7) is 1.20. The molecule has 0 aromatic heterocycles. The van der Waals surface area contributed by atoms with Crippen LogP contribution in [-0.2, 0) is 4.74 Å². The first-order valence-corrected chi connectivity index (χ1v) is 6.87. The van der Waals surface area contributed by atoms with Gasteiger partial charge in [-0.15, -0.1) is 0 Å². The highest BCUT2D eigenvalue weighted by molar-refractivity contribution is 4.75. The van der Waals surface area contributed by atoms with Gasteiger partial charge >= 0.3 is 0 Å². The molecule has 2 N–H and O–H groups in total. The van der Waals surface area contributed by atoms with E-state index in [2.05, 4.69) is 5.32 Å². The van der Waals surface area contributed by atoms with Crippen molar-refractivity contribution in [2.75, 3.05) is 13.2 Å². The van der Waals surface area contributed by atoms with E-state index < -0.39 is 0 Å². The molecule has 0 bridgehead atoms. The summed E-state index contributed by atoms with van der Waals surface area (Å²) >= 11 is 0. The van der Waals surface area contributed by atoms with Gasteiger partial charge < -0.3 is 15.2 Å². The molecule has 0 amide bonds. The van der Waals surface area contributed by atoms with E-state index in [1.54, 1.807) is 0 Å². The average molecular weight is 227 g/mol. The second-order valence-electron chi connectivity index (χ2n) is 5.28. The van der Waals surface area contributed by atoms with Crippen molar-refractivity contribution in [1.29, 1.82) is 0 Å². The van der Waals surface area contributed by atoms with Gasteiger partial charge in [0.2, 0.25) is 0 Å². The summed E-state index contributed by atoms with van der Waals surface area (Å²) in [5, 5.41) is 13.2. The zero-order chi connectivity index (χ0) is 11.2. The van der Waals surface area contributed by atoms with Gasteiger partial charge in [-0.3, -0.25) is 0 Å². The van der Waals surface area contributed by atoms with Crippen LogP contribution in [0.15, 0.2) is 0 Å². The third-order valence-electron chi connectivity index (χ3n) is 3.82. The van der Waals surface area contributed by atoms with E-state index in [9.17, 15) is 5.11 Å². The first kappa shape index (κ1) is 12.3. The molecular weight excluding hydrogens is 202 g/mol. The monoisotopic (exact) mass is 227 g/mol. The van der Waals surface area contributed by atoms with Gasteiger partial charge in [0.05, 0.1) is 18.8 Å². The number of rotatable bonds is 6. The van der Waals surface area contributed by atoms with Crippen molar-refractivity contribution >= 4 is 0 Å². The zero-order valence-corrected chi connectivity index (χ0v) is 10.2. The van der Waals surface area contributed by atoms with Gasteiger partial charge in [0.25, 0.3) is 0 Å². The summed E-state index contributed by atoms with van der Waals surface area (Å²) in [5.41, 5.74) is 0. The highest BCUT2D eigenvalue weighted by Crippen LogP contribution is 2.21. The number of aliphatic hydroxyl groups excluding tert-OH is 1. The van der Waals surface area contributed by atoms with Crippen molar-refractivity contribution in [3.8, 4) is 0 Å². The minimum atomic E-state index is -0.332. The second kappa shape index (κ2) is 6.58. The number of nitrogens with one attached hydrogen (secondary N) is 1. The molecule has 2 aliphatic carbocycles. The Kier molecular flexibility index (Phi) is 5.07. The maximum Gasteiger partial charge on any atom is 0.0897 e. The molecule has 16 heavy (non-hydrogen) atoms. The summed E-state index contributed by atoms with van der Waals surface area (Å²) in [4.78, 5) is 0. The first-order chi connectivity index (χ1) is 7.84. The lowest BCUT2D eigenvalue weighted by Crippen LogP contribution is -2.36. The molecule has 2 fully saturated rings. The highest BCUT2D eigenvalue weighted by atomic mass is 16.5. The van der Waals surface area contributed by atoms with Crippen molar-refractivity contribution in [1.82, 2.24) is 5.32 Å². The standard InChI is InChI=1S/C13H25NO2/c15-12(9-14-11-5-1-2-6-11)10-16-13-7-3-4-8-13/h11-15H,1-10H2. The molecule has 0 aromatic carbocycles. The van der Waals surface area contributed by atoms with Crippen LogP contribution in [0.3, 0.4) is 0 Å². The number of aliphatic hydroxyl groups is 1. The molecule has 3 nitrogen and oxygen atoms in total. The van der Waals surface area contributed by atoms with E-state index in [-0.39, 0.29) is 6.10 Å². The fourth-order valence-corrected chi connectivity index (χ4v) is 2.79. The molecule has 0 aromatic rings. The van der Waals surface area contributed by atoms with E-state index in [1.807, 2.05) is 0 Å². The van der Waals surface area contributed by atoms with Gasteiger partial charge in [0, 0.05) is 12.6 Å². The Morgan fingerprint density at radius 2 is 1.69 bits per heavy atom. The summed E-state index contributed by atoms with van der Waals surface area (Å²) in [5.74, 6) is 0. The molecule has 94 valence electrons. The zero-order valence-electron chi connectivity index (χ0n) is 10.2. The Morgan fingerprint density at radius 1 is 1.06 bits per heavy atom. The van der Waals surface area contributed by atoms with E-state index in [0.29, 0.717) is 25.3 Å². The lowest BCUT2D eigenvalue weighted by Gasteiger charge is -2.18. The maximum atomic E-state index is 9.78. The topological polar surface area (TPSA) is 41.5 Å². The minimum Gasteiger partial charge on any atom is -0.389 e. The molecular formula is C13H25NO2. The lowest BCUT2D eigenvalue weighted by molar-refractivity contribution is -0.00617. The Balaban J connectivity index is 1.51. The van der Waals surface area contributed by atoms with E-state index in [0.717, 1.165) is 0 Å². The summed E-state index contributed by atoms with van der Waals surface area (Å²) < 4.78 is 5.69. The van der Waals surface area contributed by atoms with Crippen LogP contribution in [0.25, 0.3) is 0 Å². The van der Waals surface area contributed by atoms with Crippen molar-refractivity contribution in [3.63, 3.8) is 0 Å². The van der Waals surface area contributed by atoms with Crippen LogP contribution in [0.4, 0.5) is 0 Å². The Morgan fingerprint density at radius 3 is 2.38 bits per heavy atom. The van der Waals surface area contributed by atoms with E-state index in [4.69, 9.17) is 4.74 Å². The Hall–Kier alpha value is -0.120. The van der Waals surface area contributed by atoms with E-state index in [1.165, 1.54) is 51.4 Å². The number of ether oxygens (including phenoxy) is 1. The second-order valence-corrected chi connectivity index (χ2v) is 5.28. The molecule has 0 spiro atoms. The van der Waals surface area contributed by atoms with Crippen molar-refractivity contribution < 1.29 is 9.84 Å². The highest BCUT2D eigenvalue weighted by Gasteiger charge is 2.18. The van der Waals surface area contributed by atoms with Gasteiger partial charge in [-0.05, 0) is 25.7 Å². The lowest BCUT2D eigenvalue weighted by atomic mass is 10.2. The Bertz CT molecular complexity index is 166. The maximum absolute atomic E-state index is 9.78. The summed E-state index contributed by atoms with van der Waals surface area (Å²) in [6.07, 6.45) is 10.3. The van der Waals surface area contributed by atoms with Gasteiger partial charge in [-0.1, -0.05) is 25.7 Å². The molecule has 0 aliphatic heterocycles. The largest absolute Gasteiger partial charge is 0.389 e. The van der Waals surface area contributed by atoms with Crippen LogP contribution in [-0.4, -0.2) is 36.5 Å². The van der Waals surface area contributed by atoms with Crippen LogP contribution < -0.4 is 5.32 Å². The van der Waals surface area contributed by atoms with Gasteiger partial charge in [0.1, 0.15) is 0 Å². The molecule has 2 saturated carbocycles. The Labute approximate surface area is 98.6 Å². The van der Waals surface area contributed by atoms with Gasteiger partial charge in [-0.2, -0.15) is 0 Å². The minimum absolute atomic E-state index is 0.332. The summed E-state index contributed by atoms with van der Waals surface area (Å²) in [6, 6.07) is 0.640. The molecule has 2 aliphatic rings. The van der Waals surface area contributed by atoms with Crippen LogP contribution >= 0.6 is 0 Å². The third kappa shape index (κ3) is 4.04. The molecule has 0 saturated heterocycles. The van der Waals surface area contributed by atoms with Crippen LogP contribution in [0.5, 0.6) is 0 Å². The average Bonchev–Trinajstić information content (AvgIpc) is 2.96. The first-order valence-electron chi connectivity index (χ1n) is 6.87. The normalized spacial score (nSPS) is 25.3. The van der Waals surface area contributed by atoms with Crippen LogP contribution in [0.2, 0.25) is 0 Å². The summed E-state index contributed by atoms with van der Waals surface area (Å²) in [7, 11) is 0. The van der Waals surface area contributed by atoms with Crippen molar-refractivity contribution in [2.24, 2.45) is 0 Å². The molecule has 3 heteroatoms. The predicted molar refractivity (Wildman–Crippen MR) is 64.5 cm³/mol. The van der Waals surface area contributed by atoms with E-state index >= 15 is 0 Å². The smallest absolute Gasteiger partial charge is 0.0897 e. The molecule has 0 radical (unpaired) electrons. The molecule has 1 unspecified atom stereocenters. The molecule has 2 rings (SSSR count). The fourth-order valence-electron chi connectivity index (χ4n) is 2.79. The number of hydrogen-bond acceptors (Lipinski definition) is 3. The predicted octanol–water partition coefficient (Wildman–Crippen LogP) is 1.84. The van der Waals surface area contributed by atoms with Crippen LogP contribution in [0.1, 0.15) is 51.4 Å². The van der Waals surface area contributed by atoms with Gasteiger partial charge in [0.15, 0.2) is 0 Å². The molecule has 1 atom stereocenters.